The van der Waals surface area contributed by atoms with E-state index in [1.54, 1.807) is 55.6 Å². The highest BCUT2D eigenvalue weighted by Gasteiger charge is 2.34. The lowest BCUT2D eigenvalue weighted by Crippen LogP contribution is -2.29. The molecule has 0 spiro atoms. The molecule has 0 saturated carbocycles. The van der Waals surface area contributed by atoms with Crippen LogP contribution in [0.25, 0.3) is 0 Å². The Labute approximate surface area is 170 Å². The number of imide groups is 1. The molecule has 152 valence electrons. The fourth-order valence-corrected chi connectivity index (χ4v) is 3.22. The highest BCUT2D eigenvalue weighted by molar-refractivity contribution is 7.83. The first-order valence-corrected chi connectivity index (χ1v) is 9.72. The summed E-state index contributed by atoms with van der Waals surface area (Å²) in [5.41, 5.74) is 1.70. The molecule has 2 aromatic carbocycles. The van der Waals surface area contributed by atoms with Gasteiger partial charge < -0.3 is 4.74 Å². The van der Waals surface area contributed by atoms with E-state index >= 15 is 0 Å². The van der Waals surface area contributed by atoms with Crippen molar-refractivity contribution < 1.29 is 28.1 Å². The number of hydrogen-bond donors (Lipinski definition) is 1. The highest BCUT2D eigenvalue weighted by Crippen LogP contribution is 2.24. The Hall–Kier alpha value is -3.17. The minimum atomic E-state index is -1.25. The van der Waals surface area contributed by atoms with Gasteiger partial charge in [0.15, 0.2) is 0 Å². The molecular weight excluding hydrogens is 396 g/mol. The van der Waals surface area contributed by atoms with E-state index in [4.69, 9.17) is 0 Å². The van der Waals surface area contributed by atoms with Gasteiger partial charge in [-0.3, -0.25) is 24.1 Å². The fourth-order valence-electron chi connectivity index (χ4n) is 2.60. The van der Waals surface area contributed by atoms with Gasteiger partial charge in [0.25, 0.3) is 11.8 Å². The second-order valence-corrected chi connectivity index (χ2v) is 7.36. The number of benzene rings is 2. The van der Waals surface area contributed by atoms with Gasteiger partial charge in [0.05, 0.1) is 22.6 Å². The van der Waals surface area contributed by atoms with Gasteiger partial charge in [-0.1, -0.05) is 24.3 Å². The van der Waals surface area contributed by atoms with Crippen molar-refractivity contribution in [3.05, 3.63) is 65.2 Å². The van der Waals surface area contributed by atoms with E-state index in [1.165, 1.54) is 18.7 Å². The number of carbonyl (C=O) groups excluding carboxylic acids is 4. The maximum atomic E-state index is 12.3. The standard InChI is InChI=1S/C16H14N2O3S.C4H6O3/c1-17-22(21)12-8-6-11(7-9-12)10-18-15(19)13-4-2-3-5-14(13)16(18)20;1-3(5)7-4(2)6/h2-9,17H,10H2,1H3;1-2H3. The van der Waals surface area contributed by atoms with Gasteiger partial charge in [-0.05, 0) is 36.9 Å². The van der Waals surface area contributed by atoms with Gasteiger partial charge in [0.2, 0.25) is 0 Å². The second kappa shape index (κ2) is 9.85. The SMILES string of the molecule is CC(=O)OC(C)=O.CNS(=O)c1ccc(CN2C(=O)c3ccccc3C2=O)cc1. The van der Waals surface area contributed by atoms with Crippen LogP contribution in [0, 0.1) is 0 Å². The normalized spacial score (nSPS) is 13.3. The van der Waals surface area contributed by atoms with Crippen molar-refractivity contribution in [2.24, 2.45) is 0 Å². The predicted molar refractivity (Wildman–Crippen MR) is 105 cm³/mol. The first-order chi connectivity index (χ1) is 13.7. The summed E-state index contributed by atoms with van der Waals surface area (Å²) >= 11 is 0. The number of amides is 2. The second-order valence-electron chi connectivity index (χ2n) is 5.94. The molecule has 29 heavy (non-hydrogen) atoms. The average Bonchev–Trinajstić information content (AvgIpc) is 2.92. The molecule has 0 bridgehead atoms. The summed E-state index contributed by atoms with van der Waals surface area (Å²) in [7, 11) is 0.367. The van der Waals surface area contributed by atoms with E-state index in [9.17, 15) is 23.4 Å². The number of carbonyl (C=O) groups is 4. The van der Waals surface area contributed by atoms with Crippen LogP contribution >= 0.6 is 0 Å². The van der Waals surface area contributed by atoms with Crippen molar-refractivity contribution in [3.63, 3.8) is 0 Å². The zero-order valence-corrected chi connectivity index (χ0v) is 16.9. The Morgan fingerprint density at radius 3 is 1.79 bits per heavy atom. The smallest absolute Gasteiger partial charge is 0.310 e. The van der Waals surface area contributed by atoms with E-state index in [1.807, 2.05) is 0 Å². The van der Waals surface area contributed by atoms with Gasteiger partial charge in [-0.15, -0.1) is 0 Å². The molecule has 2 amide bonds. The maximum absolute atomic E-state index is 12.3. The van der Waals surface area contributed by atoms with Crippen LogP contribution in [0.4, 0.5) is 0 Å². The molecule has 0 fully saturated rings. The summed E-state index contributed by atoms with van der Waals surface area (Å²) in [5, 5.41) is 0. The molecule has 1 unspecified atom stereocenters. The van der Waals surface area contributed by atoms with Crippen LogP contribution < -0.4 is 4.72 Å². The number of esters is 2. The summed E-state index contributed by atoms with van der Waals surface area (Å²) in [5.74, 6) is -1.67. The van der Waals surface area contributed by atoms with Gasteiger partial charge in [-0.25, -0.2) is 8.93 Å². The summed E-state index contributed by atoms with van der Waals surface area (Å²) in [6.07, 6.45) is 0. The van der Waals surface area contributed by atoms with Crippen molar-refractivity contribution in [2.75, 3.05) is 7.05 Å². The quantitative estimate of drug-likeness (QED) is 0.463. The van der Waals surface area contributed by atoms with Gasteiger partial charge in [-0.2, -0.15) is 0 Å². The number of nitrogens with one attached hydrogen (secondary N) is 1. The lowest BCUT2D eigenvalue weighted by molar-refractivity contribution is -0.156. The Kier molecular flexibility index (Phi) is 7.52. The number of ether oxygens (including phenoxy) is 1. The molecule has 0 radical (unpaired) electrons. The lowest BCUT2D eigenvalue weighted by Gasteiger charge is -2.14. The van der Waals surface area contributed by atoms with Crippen molar-refractivity contribution in [3.8, 4) is 0 Å². The number of rotatable bonds is 4. The lowest BCUT2D eigenvalue weighted by atomic mass is 10.1. The monoisotopic (exact) mass is 416 g/mol. The van der Waals surface area contributed by atoms with Crippen LogP contribution in [0.5, 0.6) is 0 Å². The predicted octanol–water partition coefficient (Wildman–Crippen LogP) is 1.82. The molecule has 1 aliphatic rings. The molecule has 1 aliphatic heterocycles. The van der Waals surface area contributed by atoms with Crippen molar-refractivity contribution >= 4 is 34.7 Å². The molecule has 1 atom stereocenters. The fraction of sp³-hybridized carbons (Fsp3) is 0.200. The average molecular weight is 416 g/mol. The summed E-state index contributed by atoms with van der Waals surface area (Å²) in [6, 6.07) is 13.8. The topological polar surface area (TPSA) is 110 Å². The molecule has 0 aromatic heterocycles. The zero-order valence-electron chi connectivity index (χ0n) is 16.1. The van der Waals surface area contributed by atoms with Crippen LogP contribution in [0.1, 0.15) is 40.1 Å². The van der Waals surface area contributed by atoms with Crippen LogP contribution in [-0.2, 0) is 31.9 Å². The van der Waals surface area contributed by atoms with Gasteiger partial charge in [0, 0.05) is 13.8 Å². The summed E-state index contributed by atoms with van der Waals surface area (Å²) in [6.45, 7) is 2.57. The highest BCUT2D eigenvalue weighted by atomic mass is 32.2. The van der Waals surface area contributed by atoms with Crippen molar-refractivity contribution in [1.29, 1.82) is 0 Å². The van der Waals surface area contributed by atoms with E-state index < -0.39 is 22.9 Å². The Balaban J connectivity index is 0.000000370. The Bertz CT molecular complexity index is 924. The zero-order chi connectivity index (χ0) is 21.6. The molecule has 0 saturated heterocycles. The largest absolute Gasteiger partial charge is 0.394 e. The summed E-state index contributed by atoms with van der Waals surface area (Å²) < 4.78 is 18.2. The van der Waals surface area contributed by atoms with E-state index in [-0.39, 0.29) is 18.4 Å². The third-order valence-corrected chi connectivity index (χ3v) is 4.90. The molecule has 0 aliphatic carbocycles. The maximum Gasteiger partial charge on any atom is 0.310 e. The van der Waals surface area contributed by atoms with E-state index in [0.29, 0.717) is 16.0 Å². The molecule has 3 rings (SSSR count). The molecule has 8 nitrogen and oxygen atoms in total. The Morgan fingerprint density at radius 2 is 1.41 bits per heavy atom. The molecule has 9 heteroatoms. The minimum absolute atomic E-state index is 0.207. The molecule has 1 heterocycles. The molecular formula is C20H20N2O6S. The van der Waals surface area contributed by atoms with Crippen LogP contribution in [0.3, 0.4) is 0 Å². The first-order valence-electron chi connectivity index (χ1n) is 8.57. The van der Waals surface area contributed by atoms with Gasteiger partial charge >= 0.3 is 11.9 Å². The van der Waals surface area contributed by atoms with Crippen LogP contribution in [0.15, 0.2) is 53.4 Å². The van der Waals surface area contributed by atoms with Crippen molar-refractivity contribution in [1.82, 2.24) is 9.62 Å². The number of nitrogens with zero attached hydrogens (tertiary/aromatic N) is 1. The summed E-state index contributed by atoms with van der Waals surface area (Å²) in [4.78, 5) is 46.1. The minimum Gasteiger partial charge on any atom is -0.394 e. The first kappa shape index (κ1) is 22.1. The van der Waals surface area contributed by atoms with E-state index in [2.05, 4.69) is 9.46 Å². The number of fused-ring (bicyclic) bond motifs is 1. The van der Waals surface area contributed by atoms with E-state index in [0.717, 1.165) is 5.56 Å². The third-order valence-electron chi connectivity index (χ3n) is 3.83. The number of hydrogen-bond acceptors (Lipinski definition) is 6. The van der Waals surface area contributed by atoms with Crippen LogP contribution in [-0.4, -0.2) is 39.9 Å². The molecule has 1 N–H and O–H groups in total. The Morgan fingerprint density at radius 1 is 0.931 bits per heavy atom. The molecule has 2 aromatic rings. The third kappa shape index (κ3) is 5.66. The van der Waals surface area contributed by atoms with Crippen LogP contribution in [0.2, 0.25) is 0 Å². The van der Waals surface area contributed by atoms with Gasteiger partial charge in [0.1, 0.15) is 11.0 Å². The van der Waals surface area contributed by atoms with Crippen molar-refractivity contribution in [2.45, 2.75) is 25.3 Å².